The maximum atomic E-state index is 12.3. The molecule has 0 aliphatic heterocycles. The Labute approximate surface area is 157 Å². The molecule has 2 N–H and O–H groups in total. The van der Waals surface area contributed by atoms with E-state index in [9.17, 15) is 4.79 Å². The lowest BCUT2D eigenvalue weighted by atomic mass is 10.2. The summed E-state index contributed by atoms with van der Waals surface area (Å²) in [6, 6.07) is 7.60. The Hall–Kier alpha value is -1.45. The van der Waals surface area contributed by atoms with E-state index in [4.69, 9.17) is 0 Å². The quantitative estimate of drug-likeness (QED) is 0.560. The number of H-pyrrole nitrogens is 1. The fourth-order valence-electron chi connectivity index (χ4n) is 2.01. The zero-order valence-corrected chi connectivity index (χ0v) is 16.3. The standard InChI is InChI=1S/C14H10Br3N5O/c15-9-5-18-22(7-9)6-8-2-1-3-10(4-8)19-14(23)12-11(16)13(17)21-20-12/h1-5,7H,6H2,(H,19,23)(H,20,21). The summed E-state index contributed by atoms with van der Waals surface area (Å²) >= 11 is 9.94. The SMILES string of the molecule is O=C(Nc1cccc(Cn2cc(Br)cn2)c1)c1n[nH]c(Br)c1Br. The van der Waals surface area contributed by atoms with Crippen LogP contribution in [-0.4, -0.2) is 25.9 Å². The molecule has 118 valence electrons. The molecule has 9 heteroatoms. The van der Waals surface area contributed by atoms with Crippen LogP contribution in [0.1, 0.15) is 16.1 Å². The minimum absolute atomic E-state index is 0.290. The number of aromatic amines is 1. The average molecular weight is 504 g/mol. The Balaban J connectivity index is 1.74. The summed E-state index contributed by atoms with van der Waals surface area (Å²) in [5, 5.41) is 13.7. The molecule has 3 rings (SSSR count). The molecule has 23 heavy (non-hydrogen) atoms. The number of benzene rings is 1. The van der Waals surface area contributed by atoms with Gasteiger partial charge >= 0.3 is 0 Å². The van der Waals surface area contributed by atoms with Gasteiger partial charge in [0.25, 0.3) is 5.91 Å². The maximum absolute atomic E-state index is 12.3. The second kappa shape index (κ2) is 6.98. The molecule has 2 heterocycles. The number of hydrogen-bond donors (Lipinski definition) is 2. The summed E-state index contributed by atoms with van der Waals surface area (Å²) < 4.78 is 3.95. The number of hydrogen-bond acceptors (Lipinski definition) is 3. The molecule has 2 aromatic heterocycles. The highest BCUT2D eigenvalue weighted by molar-refractivity contribution is 9.13. The van der Waals surface area contributed by atoms with Crippen LogP contribution in [-0.2, 0) is 6.54 Å². The van der Waals surface area contributed by atoms with E-state index in [0.717, 1.165) is 10.0 Å². The first-order valence-electron chi connectivity index (χ1n) is 6.50. The van der Waals surface area contributed by atoms with Crippen molar-refractivity contribution in [1.29, 1.82) is 0 Å². The third-order valence-corrected chi connectivity index (χ3v) is 5.30. The van der Waals surface area contributed by atoms with Gasteiger partial charge in [-0.15, -0.1) is 0 Å². The van der Waals surface area contributed by atoms with E-state index >= 15 is 0 Å². The van der Waals surface area contributed by atoms with Crippen molar-refractivity contribution >= 4 is 59.4 Å². The Morgan fingerprint density at radius 2 is 2.13 bits per heavy atom. The van der Waals surface area contributed by atoms with Gasteiger partial charge in [0, 0.05) is 11.9 Å². The number of amides is 1. The first-order valence-corrected chi connectivity index (χ1v) is 8.88. The van der Waals surface area contributed by atoms with Gasteiger partial charge in [0.2, 0.25) is 0 Å². The van der Waals surface area contributed by atoms with Crippen molar-refractivity contribution in [2.45, 2.75) is 6.54 Å². The van der Waals surface area contributed by atoms with Crippen molar-refractivity contribution < 1.29 is 4.79 Å². The topological polar surface area (TPSA) is 75.6 Å². The molecule has 1 aromatic carbocycles. The molecular weight excluding hydrogens is 494 g/mol. The van der Waals surface area contributed by atoms with Gasteiger partial charge in [-0.05, 0) is 65.5 Å². The number of carbonyl (C=O) groups is 1. The van der Waals surface area contributed by atoms with Crippen molar-refractivity contribution in [3.8, 4) is 0 Å². The molecule has 0 saturated heterocycles. The fourth-order valence-corrected chi connectivity index (χ4v) is 2.97. The van der Waals surface area contributed by atoms with Gasteiger partial charge in [-0.25, -0.2) is 0 Å². The highest BCUT2D eigenvalue weighted by Gasteiger charge is 2.16. The Kier molecular flexibility index (Phi) is 4.98. The summed E-state index contributed by atoms with van der Waals surface area (Å²) in [5.41, 5.74) is 2.02. The number of nitrogens with zero attached hydrogens (tertiary/aromatic N) is 3. The van der Waals surface area contributed by atoms with Crippen LogP contribution >= 0.6 is 47.8 Å². The molecule has 1 amide bonds. The van der Waals surface area contributed by atoms with Gasteiger partial charge < -0.3 is 5.32 Å². The number of rotatable bonds is 4. The van der Waals surface area contributed by atoms with Crippen LogP contribution in [0.15, 0.2) is 50.2 Å². The fraction of sp³-hybridized carbons (Fsp3) is 0.0714. The van der Waals surface area contributed by atoms with Crippen LogP contribution in [0.2, 0.25) is 0 Å². The molecule has 3 aromatic rings. The number of nitrogens with one attached hydrogen (secondary N) is 2. The third-order valence-electron chi connectivity index (χ3n) is 3.01. The smallest absolute Gasteiger partial charge is 0.277 e. The molecule has 0 aliphatic carbocycles. The molecule has 0 fully saturated rings. The molecule has 0 unspecified atom stereocenters. The highest BCUT2D eigenvalue weighted by Crippen LogP contribution is 2.24. The Bertz CT molecular complexity index is 858. The molecule has 0 radical (unpaired) electrons. The van der Waals surface area contributed by atoms with Gasteiger partial charge in [0.15, 0.2) is 5.69 Å². The van der Waals surface area contributed by atoms with E-state index in [-0.39, 0.29) is 5.91 Å². The van der Waals surface area contributed by atoms with Crippen LogP contribution in [0.25, 0.3) is 0 Å². The molecule has 0 atom stereocenters. The van der Waals surface area contributed by atoms with E-state index in [1.54, 1.807) is 6.20 Å². The molecule has 0 aliphatic rings. The second-order valence-corrected chi connectivity index (χ2v) is 7.21. The third kappa shape index (κ3) is 3.91. The second-order valence-electron chi connectivity index (χ2n) is 4.71. The van der Waals surface area contributed by atoms with Gasteiger partial charge in [-0.2, -0.15) is 10.2 Å². The molecule has 0 saturated carbocycles. The zero-order valence-electron chi connectivity index (χ0n) is 11.6. The van der Waals surface area contributed by atoms with Crippen LogP contribution in [0.3, 0.4) is 0 Å². The molecule has 6 nitrogen and oxygen atoms in total. The monoisotopic (exact) mass is 501 g/mol. The minimum atomic E-state index is -0.294. The maximum Gasteiger partial charge on any atom is 0.277 e. The van der Waals surface area contributed by atoms with Crippen molar-refractivity contribution in [3.63, 3.8) is 0 Å². The van der Waals surface area contributed by atoms with Crippen molar-refractivity contribution in [2.75, 3.05) is 5.32 Å². The molecule has 0 bridgehead atoms. The Morgan fingerprint density at radius 3 is 2.78 bits per heavy atom. The number of halogens is 3. The minimum Gasteiger partial charge on any atom is -0.321 e. The number of carbonyl (C=O) groups excluding carboxylic acids is 1. The van der Waals surface area contributed by atoms with Gasteiger partial charge in [-0.1, -0.05) is 12.1 Å². The van der Waals surface area contributed by atoms with E-state index in [0.29, 0.717) is 27.0 Å². The van der Waals surface area contributed by atoms with Gasteiger partial charge in [0.05, 0.1) is 21.7 Å². The average Bonchev–Trinajstić information content (AvgIpc) is 3.06. The van der Waals surface area contributed by atoms with Gasteiger partial charge in [0.1, 0.15) is 4.60 Å². The van der Waals surface area contributed by atoms with Crippen LogP contribution < -0.4 is 5.32 Å². The van der Waals surface area contributed by atoms with Crippen LogP contribution in [0, 0.1) is 0 Å². The largest absolute Gasteiger partial charge is 0.321 e. The predicted molar refractivity (Wildman–Crippen MR) is 97.4 cm³/mol. The normalized spacial score (nSPS) is 10.7. The predicted octanol–water partition coefficient (Wildman–Crippen LogP) is 4.19. The number of anilines is 1. The first-order chi connectivity index (χ1) is 11.0. The summed E-state index contributed by atoms with van der Waals surface area (Å²) in [6.45, 7) is 0.618. The van der Waals surface area contributed by atoms with Gasteiger partial charge in [-0.3, -0.25) is 14.6 Å². The summed E-state index contributed by atoms with van der Waals surface area (Å²) in [6.07, 6.45) is 3.63. The lowest BCUT2D eigenvalue weighted by Gasteiger charge is -2.07. The Morgan fingerprint density at radius 1 is 1.30 bits per heavy atom. The van der Waals surface area contributed by atoms with Crippen molar-refractivity contribution in [1.82, 2.24) is 20.0 Å². The summed E-state index contributed by atoms with van der Waals surface area (Å²) in [7, 11) is 0. The van der Waals surface area contributed by atoms with E-state index in [1.165, 1.54) is 0 Å². The van der Waals surface area contributed by atoms with Crippen molar-refractivity contribution in [3.05, 3.63) is 61.5 Å². The lowest BCUT2D eigenvalue weighted by molar-refractivity contribution is 0.102. The summed E-state index contributed by atoms with van der Waals surface area (Å²) in [5.74, 6) is -0.294. The zero-order chi connectivity index (χ0) is 16.4. The summed E-state index contributed by atoms with van der Waals surface area (Å²) in [4.78, 5) is 12.3. The van der Waals surface area contributed by atoms with Crippen molar-refractivity contribution in [2.24, 2.45) is 0 Å². The molecule has 0 spiro atoms. The highest BCUT2D eigenvalue weighted by atomic mass is 79.9. The lowest BCUT2D eigenvalue weighted by Crippen LogP contribution is -2.13. The number of aromatic nitrogens is 4. The van der Waals surface area contributed by atoms with E-state index < -0.39 is 0 Å². The van der Waals surface area contributed by atoms with E-state index in [2.05, 4.69) is 68.4 Å². The van der Waals surface area contributed by atoms with Crippen LogP contribution in [0.4, 0.5) is 5.69 Å². The van der Waals surface area contributed by atoms with Crippen LogP contribution in [0.5, 0.6) is 0 Å². The van der Waals surface area contributed by atoms with E-state index in [1.807, 2.05) is 35.1 Å². The molecular formula is C14H10Br3N5O. The first kappa shape index (κ1) is 16.4.